The molecule has 6 rings (SSSR count). The Morgan fingerprint density at radius 1 is 0.537 bits per heavy atom. The van der Waals surface area contributed by atoms with Gasteiger partial charge in [0.15, 0.2) is 0 Å². The predicted molar refractivity (Wildman–Crippen MR) is 200 cm³/mol. The number of imide groups is 2. The third kappa shape index (κ3) is 7.50. The molecule has 6 aromatic rings. The molecule has 17 heteroatoms. The summed E-state index contributed by atoms with van der Waals surface area (Å²) < 4.78 is 68.9. The quantitative estimate of drug-likeness (QED) is 0.0628. The summed E-state index contributed by atoms with van der Waals surface area (Å²) in [7, 11) is -9.66. The zero-order valence-electron chi connectivity index (χ0n) is 28.2. The summed E-state index contributed by atoms with van der Waals surface area (Å²) >= 11 is 0. The Kier molecular flexibility index (Phi) is 9.74. The van der Waals surface area contributed by atoms with E-state index in [0.717, 1.165) is 0 Å². The highest BCUT2D eigenvalue weighted by molar-refractivity contribution is 7.86. The summed E-state index contributed by atoms with van der Waals surface area (Å²) in [6, 6.07) is 22.0. The van der Waals surface area contributed by atoms with Gasteiger partial charge in [-0.15, -0.1) is 0 Å². The van der Waals surface area contributed by atoms with Crippen molar-refractivity contribution in [1.29, 1.82) is 0 Å². The fraction of sp³-hybridized carbons (Fsp3) is 0.0541. The Balaban J connectivity index is 1.21. The molecule has 6 aromatic carbocycles. The summed E-state index contributed by atoms with van der Waals surface area (Å²) in [5.41, 5.74) is 0.355. The van der Waals surface area contributed by atoms with Crippen LogP contribution < -0.4 is 21.3 Å². The van der Waals surface area contributed by atoms with E-state index in [2.05, 4.69) is 10.6 Å². The minimum Gasteiger partial charge on any atom is -0.505 e. The van der Waals surface area contributed by atoms with Gasteiger partial charge in [0.1, 0.15) is 32.7 Å². The van der Waals surface area contributed by atoms with Crippen molar-refractivity contribution in [3.05, 3.63) is 119 Å². The number of aryl methyl sites for hydroxylation is 2. The van der Waals surface area contributed by atoms with Crippen molar-refractivity contribution < 1.29 is 50.5 Å². The second-order valence-electron chi connectivity index (χ2n) is 12.1. The lowest BCUT2D eigenvalue weighted by Crippen LogP contribution is -2.42. The first-order valence-corrected chi connectivity index (χ1v) is 18.7. The van der Waals surface area contributed by atoms with Crippen LogP contribution in [0.4, 0.5) is 27.5 Å². The highest BCUT2D eigenvalue weighted by atomic mass is 32.2. The lowest BCUT2D eigenvalue weighted by atomic mass is 10.1. The number of aromatic hydroxyl groups is 2. The maximum absolute atomic E-state index is 13.1. The standard InChI is InChI=1S/C37H30N4O11S2/c1-19-11-13-23(15-27(19)38-31-29(53(47,48)49)17-21-7-3-5-9-25(21)33(31)42)35(44)40-37(46)41-36(45)24-14-12-20(2)28(16-24)39-32-30(54(50,51)52)18-22-8-4-6-10-26(22)34(32)43/h3-18,38-39,42-43H,1-2H3,(H,47,48,49)(H,50,51,52)(H2,40,41,44,45,46). The average molecular weight is 771 g/mol. The van der Waals surface area contributed by atoms with Crippen LogP contribution in [0, 0.1) is 13.8 Å². The van der Waals surface area contributed by atoms with Gasteiger partial charge in [-0.3, -0.25) is 29.3 Å². The molecule has 15 nitrogen and oxygen atoms in total. The summed E-state index contributed by atoms with van der Waals surface area (Å²) in [5.74, 6) is -2.88. The molecule has 0 aliphatic heterocycles. The molecule has 0 saturated heterocycles. The van der Waals surface area contributed by atoms with Crippen LogP contribution >= 0.6 is 0 Å². The van der Waals surface area contributed by atoms with Gasteiger partial charge in [-0.2, -0.15) is 16.8 Å². The second-order valence-corrected chi connectivity index (χ2v) is 14.9. The van der Waals surface area contributed by atoms with Crippen molar-refractivity contribution in [1.82, 2.24) is 10.6 Å². The molecule has 0 atom stereocenters. The van der Waals surface area contributed by atoms with Crippen LogP contribution in [0.1, 0.15) is 31.8 Å². The minimum absolute atomic E-state index is 0.106. The largest absolute Gasteiger partial charge is 0.505 e. The van der Waals surface area contributed by atoms with Gasteiger partial charge < -0.3 is 20.8 Å². The van der Waals surface area contributed by atoms with E-state index in [1.165, 1.54) is 48.5 Å². The molecule has 0 aliphatic rings. The molecular formula is C37H30N4O11S2. The molecule has 4 amide bonds. The van der Waals surface area contributed by atoms with E-state index >= 15 is 0 Å². The van der Waals surface area contributed by atoms with Gasteiger partial charge in [0.25, 0.3) is 32.1 Å². The summed E-state index contributed by atoms with van der Waals surface area (Å²) in [5, 5.41) is 32.8. The van der Waals surface area contributed by atoms with E-state index in [4.69, 9.17) is 0 Å². The summed E-state index contributed by atoms with van der Waals surface area (Å²) in [6.45, 7) is 3.24. The van der Waals surface area contributed by atoms with Crippen LogP contribution in [0.25, 0.3) is 21.5 Å². The number of urea groups is 1. The third-order valence-corrected chi connectivity index (χ3v) is 10.3. The molecule has 0 radical (unpaired) electrons. The van der Waals surface area contributed by atoms with Crippen molar-refractivity contribution in [2.45, 2.75) is 23.6 Å². The number of nitrogens with one attached hydrogen (secondary N) is 4. The Hall–Kier alpha value is -6.53. The van der Waals surface area contributed by atoms with Crippen LogP contribution in [0.3, 0.4) is 0 Å². The smallest absolute Gasteiger partial charge is 0.328 e. The van der Waals surface area contributed by atoms with E-state index in [9.17, 15) is 50.5 Å². The molecule has 54 heavy (non-hydrogen) atoms. The first-order chi connectivity index (χ1) is 25.4. The van der Waals surface area contributed by atoms with Crippen LogP contribution in [0.2, 0.25) is 0 Å². The maximum atomic E-state index is 13.1. The van der Waals surface area contributed by atoms with Crippen LogP contribution in [0.15, 0.2) is 107 Å². The number of carbonyl (C=O) groups excluding carboxylic acids is 3. The number of fused-ring (bicyclic) bond motifs is 2. The average Bonchev–Trinajstić information content (AvgIpc) is 3.11. The molecule has 0 aromatic heterocycles. The number of phenolic OH excluding ortho intramolecular Hbond substituents is 2. The van der Waals surface area contributed by atoms with E-state index in [1.807, 2.05) is 10.6 Å². The third-order valence-electron chi connectivity index (χ3n) is 8.50. The molecule has 0 bridgehead atoms. The molecule has 0 fully saturated rings. The molecule has 0 spiro atoms. The van der Waals surface area contributed by atoms with Gasteiger partial charge in [0, 0.05) is 33.3 Å². The predicted octanol–water partition coefficient (Wildman–Crippen LogP) is 6.28. The highest BCUT2D eigenvalue weighted by Crippen LogP contribution is 2.42. The molecule has 8 N–H and O–H groups in total. The van der Waals surface area contributed by atoms with Crippen LogP contribution in [0.5, 0.6) is 11.5 Å². The fourth-order valence-electron chi connectivity index (χ4n) is 5.70. The second kappa shape index (κ2) is 14.1. The zero-order chi connectivity index (χ0) is 39.1. The Labute approximate surface area is 307 Å². The number of hydrogen-bond donors (Lipinski definition) is 8. The number of benzene rings is 6. The maximum Gasteiger partial charge on any atom is 0.328 e. The topological polar surface area (TPSA) is 249 Å². The Bertz CT molecular complexity index is 2600. The lowest BCUT2D eigenvalue weighted by Gasteiger charge is -2.17. The van der Waals surface area contributed by atoms with E-state index in [-0.39, 0.29) is 44.6 Å². The van der Waals surface area contributed by atoms with Crippen molar-refractivity contribution in [2.75, 3.05) is 10.6 Å². The van der Waals surface area contributed by atoms with Crippen molar-refractivity contribution in [3.63, 3.8) is 0 Å². The minimum atomic E-state index is -4.83. The first-order valence-electron chi connectivity index (χ1n) is 15.8. The highest BCUT2D eigenvalue weighted by Gasteiger charge is 2.25. The van der Waals surface area contributed by atoms with E-state index in [1.54, 1.807) is 62.4 Å². The first kappa shape index (κ1) is 37.2. The number of carbonyl (C=O) groups is 3. The molecule has 0 heterocycles. The molecule has 0 unspecified atom stereocenters. The van der Waals surface area contributed by atoms with Crippen LogP contribution in [-0.2, 0) is 20.2 Å². The number of rotatable bonds is 8. The van der Waals surface area contributed by atoms with Crippen molar-refractivity contribution in [3.8, 4) is 11.5 Å². The molecular weight excluding hydrogens is 741 g/mol. The number of amides is 4. The van der Waals surface area contributed by atoms with Crippen molar-refractivity contribution in [2.24, 2.45) is 0 Å². The SMILES string of the molecule is Cc1ccc(C(=O)NC(=O)NC(=O)c2ccc(C)c(Nc3c(S(=O)(=O)O)cc4ccccc4c3O)c2)cc1Nc1c(S(=O)(=O)O)cc2ccccc2c1O. The number of anilines is 4. The van der Waals surface area contributed by atoms with Gasteiger partial charge in [-0.1, -0.05) is 60.7 Å². The van der Waals surface area contributed by atoms with Gasteiger partial charge in [0.2, 0.25) is 0 Å². The Morgan fingerprint density at radius 2 is 0.907 bits per heavy atom. The zero-order valence-corrected chi connectivity index (χ0v) is 29.8. The van der Waals surface area contributed by atoms with Crippen molar-refractivity contribution >= 4 is 82.4 Å². The molecule has 0 aliphatic carbocycles. The normalized spacial score (nSPS) is 11.6. The lowest BCUT2D eigenvalue weighted by molar-refractivity contribution is 0.0944. The van der Waals surface area contributed by atoms with E-state index < -0.39 is 59.4 Å². The van der Waals surface area contributed by atoms with Gasteiger partial charge >= 0.3 is 6.03 Å². The summed E-state index contributed by atoms with van der Waals surface area (Å²) in [6.07, 6.45) is 0. The van der Waals surface area contributed by atoms with Gasteiger partial charge in [-0.05, 0) is 72.1 Å². The molecule has 276 valence electrons. The van der Waals surface area contributed by atoms with Crippen LogP contribution in [-0.4, -0.2) is 54.0 Å². The number of hydrogen-bond acceptors (Lipinski definition) is 11. The van der Waals surface area contributed by atoms with E-state index in [0.29, 0.717) is 21.9 Å². The fourth-order valence-corrected chi connectivity index (χ4v) is 7.07. The molecule has 0 saturated carbocycles. The van der Waals surface area contributed by atoms with Gasteiger partial charge in [-0.25, -0.2) is 4.79 Å². The Morgan fingerprint density at radius 3 is 1.28 bits per heavy atom. The monoisotopic (exact) mass is 770 g/mol. The summed E-state index contributed by atoms with van der Waals surface area (Å²) in [4.78, 5) is 37.8. The van der Waals surface area contributed by atoms with Gasteiger partial charge in [0.05, 0.1) is 0 Å². The number of phenols is 2.